The van der Waals surface area contributed by atoms with Crippen molar-refractivity contribution in [1.82, 2.24) is 25.3 Å². The lowest BCUT2D eigenvalue weighted by atomic mass is 10.1. The normalized spacial score (nSPS) is 14.4. The zero-order chi connectivity index (χ0) is 20.4. The molecule has 1 saturated heterocycles. The van der Waals surface area contributed by atoms with E-state index in [1.807, 2.05) is 11.8 Å². The highest BCUT2D eigenvalue weighted by Crippen LogP contribution is 2.17. The molecule has 1 aliphatic rings. The predicted octanol–water partition coefficient (Wildman–Crippen LogP) is 2.09. The summed E-state index contributed by atoms with van der Waals surface area (Å²) in [5, 5.41) is 2.94. The van der Waals surface area contributed by atoms with Gasteiger partial charge < -0.3 is 19.9 Å². The molecule has 8 nitrogen and oxygen atoms in total. The van der Waals surface area contributed by atoms with Gasteiger partial charge in [-0.25, -0.2) is 15.0 Å². The zero-order valence-electron chi connectivity index (χ0n) is 17.1. The lowest BCUT2D eigenvalue weighted by Gasteiger charge is -2.27. The number of nitrogens with one attached hydrogen (secondary N) is 2. The van der Waals surface area contributed by atoms with E-state index < -0.39 is 0 Å². The number of ether oxygens (including phenoxy) is 1. The number of rotatable bonds is 5. The minimum Gasteiger partial charge on any atom is -0.378 e. The third-order valence-electron chi connectivity index (χ3n) is 5.16. The van der Waals surface area contributed by atoms with Crippen LogP contribution in [0.25, 0.3) is 11.0 Å². The molecule has 0 unspecified atom stereocenters. The van der Waals surface area contributed by atoms with Crippen LogP contribution in [0.15, 0.2) is 18.2 Å². The summed E-state index contributed by atoms with van der Waals surface area (Å²) in [6, 6.07) is 5.91. The highest BCUT2D eigenvalue weighted by atomic mass is 16.5. The molecule has 0 atom stereocenters. The summed E-state index contributed by atoms with van der Waals surface area (Å²) in [6.07, 6.45) is 0.624. The van der Waals surface area contributed by atoms with Gasteiger partial charge in [0.2, 0.25) is 5.95 Å². The maximum absolute atomic E-state index is 12.6. The monoisotopic (exact) mass is 394 g/mol. The first-order valence-corrected chi connectivity index (χ1v) is 9.92. The molecule has 0 spiro atoms. The highest BCUT2D eigenvalue weighted by molar-refractivity contribution is 5.92. The number of aromatic amines is 1. The van der Waals surface area contributed by atoms with E-state index in [2.05, 4.69) is 51.2 Å². The number of benzene rings is 1. The fourth-order valence-electron chi connectivity index (χ4n) is 3.40. The number of hydrogen-bond donors (Lipinski definition) is 2. The van der Waals surface area contributed by atoms with Gasteiger partial charge >= 0.3 is 0 Å². The second-order valence-corrected chi connectivity index (χ2v) is 7.44. The van der Waals surface area contributed by atoms with Crippen molar-refractivity contribution in [3.8, 4) is 0 Å². The Labute approximate surface area is 169 Å². The summed E-state index contributed by atoms with van der Waals surface area (Å²) < 4.78 is 5.37. The number of aryl methyl sites for hydroxylation is 3. The first-order valence-electron chi connectivity index (χ1n) is 9.92. The number of morpholine rings is 1. The second-order valence-electron chi connectivity index (χ2n) is 7.44. The largest absolute Gasteiger partial charge is 0.378 e. The van der Waals surface area contributed by atoms with Crippen LogP contribution in [-0.2, 0) is 11.2 Å². The number of amides is 1. The Bertz CT molecular complexity index is 1000. The van der Waals surface area contributed by atoms with Crippen LogP contribution in [0.4, 0.5) is 5.95 Å². The molecule has 1 fully saturated rings. The van der Waals surface area contributed by atoms with Crippen LogP contribution < -0.4 is 10.2 Å². The number of fused-ring (bicyclic) bond motifs is 1. The molecule has 1 amide bonds. The molecule has 1 aliphatic heterocycles. The molecule has 0 bridgehead atoms. The van der Waals surface area contributed by atoms with Gasteiger partial charge in [0.15, 0.2) is 0 Å². The van der Waals surface area contributed by atoms with Crippen molar-refractivity contribution in [3.05, 3.63) is 46.5 Å². The van der Waals surface area contributed by atoms with E-state index in [9.17, 15) is 4.79 Å². The molecule has 0 aliphatic carbocycles. The highest BCUT2D eigenvalue weighted by Gasteiger charge is 2.17. The SMILES string of the molecule is Cc1cc(C(=O)NCCc2nc3cc(C)c(C)cc3[nH]2)nc(N2CCOCC2)n1. The van der Waals surface area contributed by atoms with Crippen molar-refractivity contribution < 1.29 is 9.53 Å². The first-order chi connectivity index (χ1) is 14.0. The molecular weight excluding hydrogens is 368 g/mol. The van der Waals surface area contributed by atoms with E-state index in [4.69, 9.17) is 4.74 Å². The predicted molar refractivity (Wildman–Crippen MR) is 111 cm³/mol. The summed E-state index contributed by atoms with van der Waals surface area (Å²) in [6.45, 7) is 9.28. The minimum absolute atomic E-state index is 0.201. The summed E-state index contributed by atoms with van der Waals surface area (Å²) in [7, 11) is 0. The lowest BCUT2D eigenvalue weighted by molar-refractivity contribution is 0.0948. The van der Waals surface area contributed by atoms with Gasteiger partial charge in [0, 0.05) is 31.7 Å². The van der Waals surface area contributed by atoms with Crippen LogP contribution in [0.5, 0.6) is 0 Å². The van der Waals surface area contributed by atoms with E-state index in [1.165, 1.54) is 11.1 Å². The number of carbonyl (C=O) groups excluding carboxylic acids is 1. The van der Waals surface area contributed by atoms with E-state index in [1.54, 1.807) is 6.07 Å². The Balaban J connectivity index is 1.40. The molecule has 8 heteroatoms. The fraction of sp³-hybridized carbons (Fsp3) is 0.429. The van der Waals surface area contributed by atoms with Crippen LogP contribution >= 0.6 is 0 Å². The zero-order valence-corrected chi connectivity index (χ0v) is 17.1. The van der Waals surface area contributed by atoms with Crippen LogP contribution in [0.1, 0.15) is 33.1 Å². The topological polar surface area (TPSA) is 96.0 Å². The summed E-state index contributed by atoms with van der Waals surface area (Å²) >= 11 is 0. The summed E-state index contributed by atoms with van der Waals surface area (Å²) in [5.41, 5.74) is 5.59. The molecule has 1 aromatic carbocycles. The van der Waals surface area contributed by atoms with Gasteiger partial charge in [-0.3, -0.25) is 4.79 Å². The lowest BCUT2D eigenvalue weighted by Crippen LogP contribution is -2.38. The van der Waals surface area contributed by atoms with Gasteiger partial charge in [0.25, 0.3) is 5.91 Å². The van der Waals surface area contributed by atoms with Crippen molar-refractivity contribution in [2.75, 3.05) is 37.7 Å². The number of carbonyl (C=O) groups is 1. The Morgan fingerprint density at radius 1 is 1.10 bits per heavy atom. The molecule has 3 heterocycles. The van der Waals surface area contributed by atoms with Gasteiger partial charge in [-0.15, -0.1) is 0 Å². The molecule has 2 N–H and O–H groups in total. The van der Waals surface area contributed by atoms with Crippen molar-refractivity contribution in [2.24, 2.45) is 0 Å². The Morgan fingerprint density at radius 3 is 2.66 bits per heavy atom. The molecule has 2 aromatic heterocycles. The minimum atomic E-state index is -0.201. The van der Waals surface area contributed by atoms with Crippen LogP contribution in [0, 0.1) is 20.8 Å². The van der Waals surface area contributed by atoms with Crippen LogP contribution in [0.3, 0.4) is 0 Å². The number of imidazole rings is 1. The molecule has 3 aromatic rings. The fourth-order valence-corrected chi connectivity index (χ4v) is 3.40. The molecular formula is C21H26N6O2. The Morgan fingerprint density at radius 2 is 1.86 bits per heavy atom. The molecule has 0 radical (unpaired) electrons. The summed E-state index contributed by atoms with van der Waals surface area (Å²) in [4.78, 5) is 31.5. The Kier molecular flexibility index (Phi) is 5.44. The number of nitrogens with zero attached hydrogens (tertiary/aromatic N) is 4. The van der Waals surface area contributed by atoms with Crippen molar-refractivity contribution in [2.45, 2.75) is 27.2 Å². The van der Waals surface area contributed by atoms with Crippen LogP contribution in [-0.4, -0.2) is 58.7 Å². The van der Waals surface area contributed by atoms with Gasteiger partial charge in [-0.05, 0) is 50.1 Å². The first kappa shape index (κ1) is 19.3. The van der Waals surface area contributed by atoms with Gasteiger partial charge in [-0.2, -0.15) is 0 Å². The standard InChI is InChI=1S/C21H26N6O2/c1-13-10-16-17(11-14(13)2)25-19(24-16)4-5-22-20(28)18-12-15(3)23-21(26-18)27-6-8-29-9-7-27/h10-12H,4-9H2,1-3H3,(H,22,28)(H,24,25). The van der Waals surface area contributed by atoms with E-state index in [0.29, 0.717) is 37.8 Å². The van der Waals surface area contributed by atoms with Crippen LogP contribution in [0.2, 0.25) is 0 Å². The number of anilines is 1. The number of hydrogen-bond acceptors (Lipinski definition) is 6. The van der Waals surface area contributed by atoms with Crippen molar-refractivity contribution in [1.29, 1.82) is 0 Å². The molecule has 29 heavy (non-hydrogen) atoms. The van der Waals surface area contributed by atoms with E-state index >= 15 is 0 Å². The number of aromatic nitrogens is 4. The second kappa shape index (κ2) is 8.16. The maximum atomic E-state index is 12.6. The van der Waals surface area contributed by atoms with Gasteiger partial charge in [0.1, 0.15) is 11.5 Å². The number of H-pyrrole nitrogens is 1. The molecule has 0 saturated carbocycles. The van der Waals surface area contributed by atoms with E-state index in [-0.39, 0.29) is 5.91 Å². The average Bonchev–Trinajstić information content (AvgIpc) is 3.09. The molecule has 4 rings (SSSR count). The average molecular weight is 394 g/mol. The van der Waals surface area contributed by atoms with Gasteiger partial charge in [0.05, 0.1) is 24.2 Å². The van der Waals surface area contributed by atoms with Gasteiger partial charge in [-0.1, -0.05) is 0 Å². The maximum Gasteiger partial charge on any atom is 0.270 e. The smallest absolute Gasteiger partial charge is 0.270 e. The van der Waals surface area contributed by atoms with Crippen molar-refractivity contribution in [3.63, 3.8) is 0 Å². The third-order valence-corrected chi connectivity index (χ3v) is 5.16. The van der Waals surface area contributed by atoms with Crippen molar-refractivity contribution >= 4 is 22.9 Å². The molecule has 152 valence electrons. The third kappa shape index (κ3) is 4.37. The van der Waals surface area contributed by atoms with E-state index in [0.717, 1.165) is 35.6 Å². The quantitative estimate of drug-likeness (QED) is 0.688. The summed E-state index contributed by atoms with van der Waals surface area (Å²) in [5.74, 6) is 1.24. The Hall–Kier alpha value is -3.00.